The number of nitrogens with zero attached hydrogens (tertiary/aromatic N) is 3. The third kappa shape index (κ3) is 4.59. The Morgan fingerprint density at radius 2 is 1.81 bits per heavy atom. The number of alkyl halides is 3. The van der Waals surface area contributed by atoms with E-state index in [1.54, 1.807) is 19.2 Å². The fourth-order valence-corrected chi connectivity index (χ4v) is 6.02. The van der Waals surface area contributed by atoms with Gasteiger partial charge in [0.2, 0.25) is 5.91 Å². The van der Waals surface area contributed by atoms with Crippen molar-refractivity contribution in [3.8, 4) is 6.07 Å². The first-order valence-corrected chi connectivity index (χ1v) is 11.6. The highest BCUT2D eigenvalue weighted by Crippen LogP contribution is 2.41. The van der Waals surface area contributed by atoms with Crippen molar-refractivity contribution in [2.45, 2.75) is 50.7 Å². The second kappa shape index (κ2) is 9.30. The van der Waals surface area contributed by atoms with E-state index in [2.05, 4.69) is 10.2 Å². The molecule has 1 aromatic carbocycles. The third-order valence-electron chi connectivity index (χ3n) is 7.76. The number of anilines is 1. The average Bonchev–Trinajstić information content (AvgIpc) is 3.48. The molecule has 8 heteroatoms. The Kier molecular flexibility index (Phi) is 6.66. The first-order chi connectivity index (χ1) is 15.3. The van der Waals surface area contributed by atoms with Crippen LogP contribution in [0.15, 0.2) is 18.2 Å². The molecule has 1 saturated carbocycles. The first kappa shape index (κ1) is 22.9. The minimum absolute atomic E-state index is 0.0413. The number of carbonyl (C=O) groups excluding carboxylic acids is 1. The van der Waals surface area contributed by atoms with E-state index >= 15 is 0 Å². The number of carbonyl (C=O) groups is 1. The van der Waals surface area contributed by atoms with Crippen LogP contribution in [-0.2, 0) is 11.0 Å². The summed E-state index contributed by atoms with van der Waals surface area (Å²) in [6.07, 6.45) is 2.66. The molecule has 5 nitrogen and oxygen atoms in total. The van der Waals surface area contributed by atoms with Crippen molar-refractivity contribution in [3.63, 3.8) is 0 Å². The van der Waals surface area contributed by atoms with E-state index in [4.69, 9.17) is 5.26 Å². The van der Waals surface area contributed by atoms with E-state index in [1.807, 2.05) is 4.90 Å². The molecule has 0 aromatic heterocycles. The van der Waals surface area contributed by atoms with Gasteiger partial charge in [-0.05, 0) is 68.8 Å². The van der Waals surface area contributed by atoms with Crippen molar-refractivity contribution in [2.75, 3.05) is 38.1 Å². The van der Waals surface area contributed by atoms with Crippen LogP contribution in [0.4, 0.5) is 18.9 Å². The summed E-state index contributed by atoms with van der Waals surface area (Å²) in [5.41, 5.74) is -0.863. The highest BCUT2D eigenvalue weighted by molar-refractivity contribution is 5.80. The van der Waals surface area contributed by atoms with E-state index in [0.717, 1.165) is 32.0 Å². The van der Waals surface area contributed by atoms with E-state index in [0.29, 0.717) is 30.7 Å². The summed E-state index contributed by atoms with van der Waals surface area (Å²) in [6.45, 7) is 3.05. The Morgan fingerprint density at radius 1 is 1.12 bits per heavy atom. The van der Waals surface area contributed by atoms with E-state index in [-0.39, 0.29) is 23.3 Å². The number of likely N-dealkylation sites (tertiary alicyclic amines) is 1. The number of halogens is 3. The average molecular weight is 449 g/mol. The molecule has 0 unspecified atom stereocenters. The van der Waals surface area contributed by atoms with E-state index < -0.39 is 11.7 Å². The Hall–Kier alpha value is -2.27. The lowest BCUT2D eigenvalue weighted by Crippen LogP contribution is -2.44. The van der Waals surface area contributed by atoms with Crippen LogP contribution in [0.2, 0.25) is 0 Å². The van der Waals surface area contributed by atoms with Gasteiger partial charge < -0.3 is 15.1 Å². The molecular formula is C24H31F3N4O. The Morgan fingerprint density at radius 3 is 2.41 bits per heavy atom. The standard InChI is InChI=1S/C24H31F3N4O/c1-29-23(32)21-15-31(19-7-6-17(13-28)22(12-19)24(25,26)27)14-20(21)16-8-10-30(11-9-16)18-4-2-3-5-18/h6-7,12,16,18,20-21H,2-5,8-11,14-15H2,1H3,(H,29,32)/t20-,21+/m0/s1. The predicted molar refractivity (Wildman–Crippen MR) is 116 cm³/mol. The lowest BCUT2D eigenvalue weighted by atomic mass is 9.78. The van der Waals surface area contributed by atoms with Crippen molar-refractivity contribution in [2.24, 2.45) is 17.8 Å². The maximum atomic E-state index is 13.5. The van der Waals surface area contributed by atoms with Crippen LogP contribution in [0.3, 0.4) is 0 Å². The molecule has 1 aromatic rings. The number of hydrogen-bond acceptors (Lipinski definition) is 4. The van der Waals surface area contributed by atoms with Gasteiger partial charge in [0.15, 0.2) is 0 Å². The number of nitriles is 1. The molecule has 32 heavy (non-hydrogen) atoms. The van der Waals surface area contributed by atoms with E-state index in [9.17, 15) is 18.0 Å². The largest absolute Gasteiger partial charge is 0.417 e. The SMILES string of the molecule is CNC(=O)[C@@H]1CN(c2ccc(C#N)c(C(F)(F)F)c2)C[C@H]1C1CCN(C2CCCC2)CC1. The summed E-state index contributed by atoms with van der Waals surface area (Å²) in [6, 6.07) is 6.20. The second-order valence-corrected chi connectivity index (χ2v) is 9.44. The number of amides is 1. The van der Waals surface area contributed by atoms with Crippen LogP contribution in [-0.4, -0.2) is 50.1 Å². The summed E-state index contributed by atoms with van der Waals surface area (Å²) in [7, 11) is 1.62. The maximum Gasteiger partial charge on any atom is 0.417 e. The van der Waals surface area contributed by atoms with Gasteiger partial charge in [-0.15, -0.1) is 0 Å². The lowest BCUT2D eigenvalue weighted by Gasteiger charge is -2.39. The summed E-state index contributed by atoms with van der Waals surface area (Å²) in [5, 5.41) is 11.8. The topological polar surface area (TPSA) is 59.4 Å². The Bertz CT molecular complexity index is 867. The van der Waals surface area contributed by atoms with Crippen molar-refractivity contribution in [3.05, 3.63) is 29.3 Å². The number of rotatable bonds is 4. The molecule has 1 N–H and O–H groups in total. The van der Waals surface area contributed by atoms with Gasteiger partial charge in [-0.25, -0.2) is 0 Å². The molecular weight excluding hydrogens is 417 g/mol. The van der Waals surface area contributed by atoms with Gasteiger partial charge in [0.25, 0.3) is 0 Å². The van der Waals surface area contributed by atoms with Gasteiger partial charge in [0, 0.05) is 31.9 Å². The second-order valence-electron chi connectivity index (χ2n) is 9.44. The number of hydrogen-bond donors (Lipinski definition) is 1. The van der Waals surface area contributed by atoms with Crippen LogP contribution < -0.4 is 10.2 Å². The van der Waals surface area contributed by atoms with Gasteiger partial charge >= 0.3 is 6.18 Å². The Labute approximate surface area is 187 Å². The van der Waals surface area contributed by atoms with E-state index in [1.165, 1.54) is 31.7 Å². The smallest absolute Gasteiger partial charge is 0.370 e. The molecule has 2 atom stereocenters. The van der Waals surface area contributed by atoms with Gasteiger partial charge in [-0.3, -0.25) is 4.79 Å². The molecule has 1 aliphatic carbocycles. The molecule has 3 aliphatic rings. The van der Waals surface area contributed by atoms with Gasteiger partial charge in [0.1, 0.15) is 0 Å². The summed E-state index contributed by atoms with van der Waals surface area (Å²) >= 11 is 0. The van der Waals surface area contributed by atoms with Crippen molar-refractivity contribution in [1.29, 1.82) is 5.26 Å². The van der Waals surface area contributed by atoms with Crippen LogP contribution in [0, 0.1) is 29.1 Å². The fraction of sp³-hybridized carbons (Fsp3) is 0.667. The predicted octanol–water partition coefficient (Wildman–Crippen LogP) is 4.03. The summed E-state index contributed by atoms with van der Waals surface area (Å²) < 4.78 is 40.4. The molecule has 174 valence electrons. The van der Waals surface area contributed by atoms with Gasteiger partial charge in [0.05, 0.1) is 23.1 Å². The highest BCUT2D eigenvalue weighted by atomic mass is 19.4. The molecule has 0 bridgehead atoms. The monoisotopic (exact) mass is 448 g/mol. The molecule has 2 aliphatic heterocycles. The lowest BCUT2D eigenvalue weighted by molar-refractivity contribution is -0.137. The minimum Gasteiger partial charge on any atom is -0.370 e. The number of nitrogens with one attached hydrogen (secondary N) is 1. The van der Waals surface area contributed by atoms with Crippen LogP contribution in [0.25, 0.3) is 0 Å². The zero-order chi connectivity index (χ0) is 22.9. The summed E-state index contributed by atoms with van der Waals surface area (Å²) in [4.78, 5) is 17.2. The van der Waals surface area contributed by atoms with Crippen molar-refractivity contribution < 1.29 is 18.0 Å². The molecule has 2 heterocycles. The van der Waals surface area contributed by atoms with Crippen LogP contribution in [0.1, 0.15) is 49.7 Å². The normalized spacial score (nSPS) is 25.8. The quantitative estimate of drug-likeness (QED) is 0.756. The summed E-state index contributed by atoms with van der Waals surface area (Å²) in [5.74, 6) is 0.222. The molecule has 3 fully saturated rings. The van der Waals surface area contributed by atoms with Crippen molar-refractivity contribution >= 4 is 11.6 Å². The molecule has 4 rings (SSSR count). The molecule has 2 saturated heterocycles. The van der Waals surface area contributed by atoms with Crippen LogP contribution >= 0.6 is 0 Å². The van der Waals surface area contributed by atoms with Gasteiger partial charge in [-0.2, -0.15) is 18.4 Å². The number of piperidine rings is 1. The minimum atomic E-state index is -4.59. The van der Waals surface area contributed by atoms with Crippen LogP contribution in [0.5, 0.6) is 0 Å². The zero-order valence-corrected chi connectivity index (χ0v) is 18.5. The number of benzene rings is 1. The molecule has 1 amide bonds. The molecule has 0 radical (unpaired) electrons. The fourth-order valence-electron chi connectivity index (χ4n) is 6.02. The van der Waals surface area contributed by atoms with Gasteiger partial charge in [-0.1, -0.05) is 12.8 Å². The zero-order valence-electron chi connectivity index (χ0n) is 18.5. The maximum absolute atomic E-state index is 13.5. The van der Waals surface area contributed by atoms with Crippen molar-refractivity contribution in [1.82, 2.24) is 10.2 Å². The Balaban J connectivity index is 1.51. The molecule has 0 spiro atoms. The first-order valence-electron chi connectivity index (χ1n) is 11.6. The highest BCUT2D eigenvalue weighted by Gasteiger charge is 2.43. The third-order valence-corrected chi connectivity index (χ3v) is 7.76.